The van der Waals surface area contributed by atoms with E-state index in [1.807, 2.05) is 0 Å². The van der Waals surface area contributed by atoms with Gasteiger partial charge in [0.15, 0.2) is 0 Å². The normalized spacial score (nSPS) is 24.7. The SMILES string of the molecule is COc1cc(C)c(C2NCCNC2C)cc1C. The standard InChI is InChI=1S/C14H22N2O/c1-9-8-13(17-4)10(2)7-12(9)14-11(3)15-5-6-16-14/h7-8,11,14-16H,5-6H2,1-4H3. The number of rotatable bonds is 2. The molecule has 0 amide bonds. The lowest BCUT2D eigenvalue weighted by Gasteiger charge is -2.33. The molecule has 3 heteroatoms. The number of benzene rings is 1. The van der Waals surface area contributed by atoms with Crippen molar-refractivity contribution in [3.8, 4) is 5.75 Å². The van der Waals surface area contributed by atoms with Crippen molar-refractivity contribution in [2.75, 3.05) is 20.2 Å². The zero-order valence-electron chi connectivity index (χ0n) is 11.1. The van der Waals surface area contributed by atoms with Crippen molar-refractivity contribution in [2.24, 2.45) is 0 Å². The van der Waals surface area contributed by atoms with E-state index in [0.717, 1.165) is 18.8 Å². The zero-order chi connectivity index (χ0) is 12.4. The van der Waals surface area contributed by atoms with E-state index < -0.39 is 0 Å². The van der Waals surface area contributed by atoms with Gasteiger partial charge in [-0.3, -0.25) is 0 Å². The number of aryl methyl sites for hydroxylation is 2. The zero-order valence-corrected chi connectivity index (χ0v) is 11.1. The van der Waals surface area contributed by atoms with Crippen LogP contribution in [0.4, 0.5) is 0 Å². The first kappa shape index (κ1) is 12.4. The Hall–Kier alpha value is -1.06. The summed E-state index contributed by atoms with van der Waals surface area (Å²) in [6, 6.07) is 5.24. The molecular formula is C14H22N2O. The number of nitrogens with one attached hydrogen (secondary N) is 2. The molecule has 0 spiro atoms. The largest absolute Gasteiger partial charge is 0.496 e. The number of hydrogen-bond acceptors (Lipinski definition) is 3. The molecule has 1 aliphatic rings. The first-order chi connectivity index (χ1) is 8.13. The lowest BCUT2D eigenvalue weighted by Crippen LogP contribution is -2.49. The Morgan fingerprint density at radius 3 is 2.47 bits per heavy atom. The molecule has 0 saturated carbocycles. The summed E-state index contributed by atoms with van der Waals surface area (Å²) in [4.78, 5) is 0. The molecule has 3 nitrogen and oxygen atoms in total. The van der Waals surface area contributed by atoms with Crippen LogP contribution in [-0.2, 0) is 0 Å². The summed E-state index contributed by atoms with van der Waals surface area (Å²) in [6.07, 6.45) is 0. The molecule has 2 rings (SSSR count). The lowest BCUT2D eigenvalue weighted by molar-refractivity contribution is 0.344. The van der Waals surface area contributed by atoms with E-state index >= 15 is 0 Å². The van der Waals surface area contributed by atoms with Crippen LogP contribution in [0.3, 0.4) is 0 Å². The molecule has 1 aromatic rings. The molecule has 1 aliphatic heterocycles. The predicted molar refractivity (Wildman–Crippen MR) is 70.7 cm³/mol. The maximum atomic E-state index is 5.36. The van der Waals surface area contributed by atoms with Crippen LogP contribution in [0.25, 0.3) is 0 Å². The highest BCUT2D eigenvalue weighted by Crippen LogP contribution is 2.28. The van der Waals surface area contributed by atoms with Crippen molar-refractivity contribution in [3.63, 3.8) is 0 Å². The first-order valence-corrected chi connectivity index (χ1v) is 6.25. The maximum absolute atomic E-state index is 5.36. The molecule has 0 aliphatic carbocycles. The fourth-order valence-corrected chi connectivity index (χ4v) is 2.57. The van der Waals surface area contributed by atoms with Gasteiger partial charge in [0.25, 0.3) is 0 Å². The summed E-state index contributed by atoms with van der Waals surface area (Å²) in [7, 11) is 1.73. The van der Waals surface area contributed by atoms with Gasteiger partial charge in [0.05, 0.1) is 7.11 Å². The van der Waals surface area contributed by atoms with Crippen molar-refractivity contribution in [1.82, 2.24) is 10.6 Å². The van der Waals surface area contributed by atoms with E-state index in [-0.39, 0.29) is 0 Å². The molecule has 2 N–H and O–H groups in total. The van der Waals surface area contributed by atoms with E-state index in [2.05, 4.69) is 43.5 Å². The van der Waals surface area contributed by atoms with Crippen LogP contribution in [0.2, 0.25) is 0 Å². The van der Waals surface area contributed by atoms with E-state index in [1.54, 1.807) is 7.11 Å². The van der Waals surface area contributed by atoms with Gasteiger partial charge in [-0.2, -0.15) is 0 Å². The summed E-state index contributed by atoms with van der Waals surface area (Å²) in [5, 5.41) is 7.10. The molecule has 17 heavy (non-hydrogen) atoms. The van der Waals surface area contributed by atoms with E-state index in [9.17, 15) is 0 Å². The van der Waals surface area contributed by atoms with E-state index in [1.165, 1.54) is 16.7 Å². The minimum atomic E-state index is 0.397. The topological polar surface area (TPSA) is 33.3 Å². The van der Waals surface area contributed by atoms with Gasteiger partial charge in [-0.25, -0.2) is 0 Å². The summed E-state index contributed by atoms with van der Waals surface area (Å²) in [6.45, 7) is 8.56. The van der Waals surface area contributed by atoms with Crippen molar-refractivity contribution in [1.29, 1.82) is 0 Å². The monoisotopic (exact) mass is 234 g/mol. The number of methoxy groups -OCH3 is 1. The van der Waals surface area contributed by atoms with Gasteiger partial charge in [0, 0.05) is 25.2 Å². The number of piperazine rings is 1. The highest BCUT2D eigenvalue weighted by atomic mass is 16.5. The van der Waals surface area contributed by atoms with Crippen LogP contribution in [0.5, 0.6) is 5.75 Å². The molecule has 1 fully saturated rings. The Bertz CT molecular complexity index is 403. The van der Waals surface area contributed by atoms with Crippen LogP contribution in [0.1, 0.15) is 29.7 Å². The Labute approximate surface area is 104 Å². The van der Waals surface area contributed by atoms with Crippen LogP contribution in [0.15, 0.2) is 12.1 Å². The quantitative estimate of drug-likeness (QED) is 0.820. The molecule has 0 radical (unpaired) electrons. The van der Waals surface area contributed by atoms with Gasteiger partial charge in [-0.05, 0) is 43.5 Å². The Morgan fingerprint density at radius 1 is 1.12 bits per heavy atom. The smallest absolute Gasteiger partial charge is 0.122 e. The first-order valence-electron chi connectivity index (χ1n) is 6.25. The maximum Gasteiger partial charge on any atom is 0.122 e. The highest BCUT2D eigenvalue weighted by molar-refractivity contribution is 5.43. The lowest BCUT2D eigenvalue weighted by atomic mass is 9.93. The van der Waals surface area contributed by atoms with E-state index in [4.69, 9.17) is 4.74 Å². The molecule has 0 bridgehead atoms. The van der Waals surface area contributed by atoms with Gasteiger partial charge in [0.1, 0.15) is 5.75 Å². The van der Waals surface area contributed by atoms with Crippen molar-refractivity contribution in [2.45, 2.75) is 32.9 Å². The van der Waals surface area contributed by atoms with Gasteiger partial charge in [-0.1, -0.05) is 6.07 Å². The van der Waals surface area contributed by atoms with Gasteiger partial charge < -0.3 is 15.4 Å². The van der Waals surface area contributed by atoms with Crippen LogP contribution in [0, 0.1) is 13.8 Å². The molecule has 1 saturated heterocycles. The molecular weight excluding hydrogens is 212 g/mol. The van der Waals surface area contributed by atoms with Crippen LogP contribution in [-0.4, -0.2) is 26.2 Å². The second-order valence-electron chi connectivity index (χ2n) is 4.85. The van der Waals surface area contributed by atoms with Crippen LogP contribution < -0.4 is 15.4 Å². The minimum absolute atomic E-state index is 0.397. The third kappa shape index (κ3) is 2.45. The van der Waals surface area contributed by atoms with E-state index in [0.29, 0.717) is 12.1 Å². The molecule has 1 heterocycles. The molecule has 2 unspecified atom stereocenters. The molecule has 0 aromatic heterocycles. The summed E-state index contributed by atoms with van der Waals surface area (Å²) in [5.74, 6) is 0.975. The Balaban J connectivity index is 2.34. The average Bonchev–Trinajstić information content (AvgIpc) is 2.32. The van der Waals surface area contributed by atoms with Crippen LogP contribution >= 0.6 is 0 Å². The van der Waals surface area contributed by atoms with Gasteiger partial charge >= 0.3 is 0 Å². The Kier molecular flexibility index (Phi) is 3.69. The highest BCUT2D eigenvalue weighted by Gasteiger charge is 2.23. The van der Waals surface area contributed by atoms with Crippen molar-refractivity contribution in [3.05, 3.63) is 28.8 Å². The third-order valence-electron chi connectivity index (χ3n) is 3.57. The average molecular weight is 234 g/mol. The van der Waals surface area contributed by atoms with Crippen molar-refractivity contribution < 1.29 is 4.74 Å². The van der Waals surface area contributed by atoms with Crippen molar-refractivity contribution >= 4 is 0 Å². The second-order valence-corrected chi connectivity index (χ2v) is 4.85. The number of hydrogen-bond donors (Lipinski definition) is 2. The summed E-state index contributed by atoms with van der Waals surface area (Å²) in [5.41, 5.74) is 3.87. The second kappa shape index (κ2) is 5.07. The summed E-state index contributed by atoms with van der Waals surface area (Å²) < 4.78 is 5.36. The fourth-order valence-electron chi connectivity index (χ4n) is 2.57. The van der Waals surface area contributed by atoms with Gasteiger partial charge in [0.2, 0.25) is 0 Å². The molecule has 94 valence electrons. The fraction of sp³-hybridized carbons (Fsp3) is 0.571. The summed E-state index contributed by atoms with van der Waals surface area (Å²) >= 11 is 0. The van der Waals surface area contributed by atoms with Gasteiger partial charge in [-0.15, -0.1) is 0 Å². The molecule has 2 atom stereocenters. The minimum Gasteiger partial charge on any atom is -0.496 e. The molecule has 1 aromatic carbocycles. The predicted octanol–water partition coefficient (Wildman–Crippen LogP) is 1.93. The third-order valence-corrected chi connectivity index (χ3v) is 3.57. The number of ether oxygens (including phenoxy) is 1. The Morgan fingerprint density at radius 2 is 1.82 bits per heavy atom.